The molecule has 98 valence electrons. The molecule has 0 N–H and O–H groups in total. The van der Waals surface area contributed by atoms with E-state index in [1.54, 1.807) is 0 Å². The van der Waals surface area contributed by atoms with Crippen molar-refractivity contribution in [2.75, 3.05) is 0 Å². The van der Waals surface area contributed by atoms with Crippen molar-refractivity contribution in [1.29, 1.82) is 0 Å². The Bertz CT molecular complexity index is 639. The highest BCUT2D eigenvalue weighted by atomic mass is 79.9. The minimum absolute atomic E-state index is 0.0932. The van der Waals surface area contributed by atoms with Crippen LogP contribution in [-0.4, -0.2) is 5.78 Å². The Labute approximate surface area is 122 Å². The van der Waals surface area contributed by atoms with Crippen LogP contribution in [0.5, 0.6) is 0 Å². The SMILES string of the molecule is Cc1ccc(C(=O)c2c(C)cc(C)c(Br)c2C)cc1. The number of halogens is 1. The first-order chi connectivity index (χ1) is 8.91. The smallest absolute Gasteiger partial charge is 0.193 e. The molecule has 2 rings (SSSR count). The Morgan fingerprint density at radius 2 is 1.53 bits per heavy atom. The zero-order valence-corrected chi connectivity index (χ0v) is 13.3. The molecule has 0 fully saturated rings. The van der Waals surface area contributed by atoms with E-state index < -0.39 is 0 Å². The van der Waals surface area contributed by atoms with Gasteiger partial charge in [0.15, 0.2) is 5.78 Å². The molecule has 0 spiro atoms. The van der Waals surface area contributed by atoms with Crippen LogP contribution in [0.1, 0.15) is 38.2 Å². The van der Waals surface area contributed by atoms with Crippen molar-refractivity contribution in [1.82, 2.24) is 0 Å². The first-order valence-electron chi connectivity index (χ1n) is 6.29. The van der Waals surface area contributed by atoms with Gasteiger partial charge in [0.05, 0.1) is 0 Å². The van der Waals surface area contributed by atoms with Gasteiger partial charge < -0.3 is 0 Å². The summed E-state index contributed by atoms with van der Waals surface area (Å²) >= 11 is 3.56. The third kappa shape index (κ3) is 2.64. The molecular weight excluding hydrogens is 300 g/mol. The maximum Gasteiger partial charge on any atom is 0.193 e. The second-order valence-electron chi connectivity index (χ2n) is 5.02. The Kier molecular flexibility index (Phi) is 3.91. The van der Waals surface area contributed by atoms with Crippen molar-refractivity contribution in [3.05, 3.63) is 68.2 Å². The van der Waals surface area contributed by atoms with E-state index in [-0.39, 0.29) is 5.78 Å². The highest BCUT2D eigenvalue weighted by Crippen LogP contribution is 2.28. The van der Waals surface area contributed by atoms with E-state index in [0.717, 1.165) is 37.9 Å². The van der Waals surface area contributed by atoms with Gasteiger partial charge in [-0.15, -0.1) is 0 Å². The molecule has 0 heterocycles. The molecule has 0 atom stereocenters. The molecule has 2 aromatic rings. The average molecular weight is 317 g/mol. The molecule has 0 saturated carbocycles. The third-order valence-electron chi connectivity index (χ3n) is 3.42. The van der Waals surface area contributed by atoms with E-state index in [2.05, 4.69) is 22.0 Å². The Balaban J connectivity index is 2.56. The zero-order chi connectivity index (χ0) is 14.2. The van der Waals surface area contributed by atoms with Crippen LogP contribution in [0.15, 0.2) is 34.8 Å². The summed E-state index contributed by atoms with van der Waals surface area (Å²) < 4.78 is 1.02. The quantitative estimate of drug-likeness (QED) is 0.719. The number of aryl methyl sites for hydroxylation is 3. The van der Waals surface area contributed by atoms with Crippen molar-refractivity contribution >= 4 is 21.7 Å². The predicted octanol–water partition coefficient (Wildman–Crippen LogP) is 4.91. The summed E-state index contributed by atoms with van der Waals surface area (Å²) in [6.07, 6.45) is 0. The standard InChI is InChI=1S/C17H17BrO/c1-10-5-7-14(8-6-10)17(19)15-11(2)9-12(3)16(18)13(15)4/h5-9H,1-4H3. The normalized spacial score (nSPS) is 10.6. The lowest BCUT2D eigenvalue weighted by Crippen LogP contribution is -2.07. The van der Waals surface area contributed by atoms with Crippen LogP contribution >= 0.6 is 15.9 Å². The highest BCUT2D eigenvalue weighted by molar-refractivity contribution is 9.10. The number of hydrogen-bond donors (Lipinski definition) is 0. The minimum atomic E-state index is 0.0932. The van der Waals surface area contributed by atoms with Gasteiger partial charge in [-0.1, -0.05) is 51.8 Å². The molecular formula is C17H17BrO. The fourth-order valence-corrected chi connectivity index (χ4v) is 2.67. The Morgan fingerprint density at radius 1 is 0.947 bits per heavy atom. The van der Waals surface area contributed by atoms with Gasteiger partial charge in [0.1, 0.15) is 0 Å². The number of ketones is 1. The summed E-state index contributed by atoms with van der Waals surface area (Å²) in [6, 6.07) is 9.79. The number of carbonyl (C=O) groups excluding carboxylic acids is 1. The maximum atomic E-state index is 12.6. The molecule has 1 nitrogen and oxygen atoms in total. The summed E-state index contributed by atoms with van der Waals surface area (Å²) in [5, 5.41) is 0. The van der Waals surface area contributed by atoms with Gasteiger partial charge in [-0.2, -0.15) is 0 Å². The highest BCUT2D eigenvalue weighted by Gasteiger charge is 2.17. The van der Waals surface area contributed by atoms with Crippen LogP contribution in [0.25, 0.3) is 0 Å². The molecule has 2 heteroatoms. The van der Waals surface area contributed by atoms with Crippen LogP contribution < -0.4 is 0 Å². The molecule has 0 saturated heterocycles. The van der Waals surface area contributed by atoms with Gasteiger partial charge in [0, 0.05) is 15.6 Å². The molecule has 0 aliphatic heterocycles. The van der Waals surface area contributed by atoms with Crippen LogP contribution in [0.2, 0.25) is 0 Å². The van der Waals surface area contributed by atoms with E-state index in [1.807, 2.05) is 52.0 Å². The second kappa shape index (κ2) is 5.30. The third-order valence-corrected chi connectivity index (χ3v) is 4.64. The molecule has 2 aromatic carbocycles. The van der Waals surface area contributed by atoms with Crippen molar-refractivity contribution in [3.63, 3.8) is 0 Å². The van der Waals surface area contributed by atoms with Crippen molar-refractivity contribution < 1.29 is 4.79 Å². The number of rotatable bonds is 2. The van der Waals surface area contributed by atoms with E-state index in [4.69, 9.17) is 0 Å². The topological polar surface area (TPSA) is 17.1 Å². The maximum absolute atomic E-state index is 12.6. The van der Waals surface area contributed by atoms with Crippen LogP contribution in [0.4, 0.5) is 0 Å². The lowest BCUT2D eigenvalue weighted by atomic mass is 9.93. The van der Waals surface area contributed by atoms with Gasteiger partial charge in [0.25, 0.3) is 0 Å². The number of hydrogen-bond acceptors (Lipinski definition) is 1. The summed E-state index contributed by atoms with van der Waals surface area (Å²) in [4.78, 5) is 12.6. The van der Waals surface area contributed by atoms with Gasteiger partial charge in [-0.25, -0.2) is 0 Å². The average Bonchev–Trinajstić information content (AvgIpc) is 2.37. The zero-order valence-electron chi connectivity index (χ0n) is 11.7. The second-order valence-corrected chi connectivity index (χ2v) is 5.81. The number of benzene rings is 2. The number of carbonyl (C=O) groups is 1. The van der Waals surface area contributed by atoms with E-state index in [0.29, 0.717) is 0 Å². The van der Waals surface area contributed by atoms with Crippen molar-refractivity contribution in [3.8, 4) is 0 Å². The van der Waals surface area contributed by atoms with E-state index >= 15 is 0 Å². The molecule has 0 aromatic heterocycles. The Hall–Kier alpha value is -1.41. The van der Waals surface area contributed by atoms with Crippen LogP contribution in [0, 0.1) is 27.7 Å². The predicted molar refractivity (Wildman–Crippen MR) is 83.0 cm³/mol. The first-order valence-corrected chi connectivity index (χ1v) is 7.08. The first kappa shape index (κ1) is 14.0. The van der Waals surface area contributed by atoms with Gasteiger partial charge in [0.2, 0.25) is 0 Å². The molecule has 0 amide bonds. The molecule has 0 aliphatic rings. The molecule has 0 bridgehead atoms. The van der Waals surface area contributed by atoms with Crippen molar-refractivity contribution in [2.45, 2.75) is 27.7 Å². The monoisotopic (exact) mass is 316 g/mol. The van der Waals surface area contributed by atoms with Crippen LogP contribution in [-0.2, 0) is 0 Å². The summed E-state index contributed by atoms with van der Waals surface area (Å²) in [5.41, 5.74) is 5.92. The lowest BCUT2D eigenvalue weighted by Gasteiger charge is -2.13. The summed E-state index contributed by atoms with van der Waals surface area (Å²) in [5.74, 6) is 0.0932. The van der Waals surface area contributed by atoms with Gasteiger partial charge in [-0.05, 0) is 44.4 Å². The largest absolute Gasteiger partial charge is 0.289 e. The Morgan fingerprint density at radius 3 is 2.11 bits per heavy atom. The van der Waals surface area contributed by atoms with Gasteiger partial charge in [-0.3, -0.25) is 4.79 Å². The molecule has 0 radical (unpaired) electrons. The van der Waals surface area contributed by atoms with Crippen LogP contribution in [0.3, 0.4) is 0 Å². The van der Waals surface area contributed by atoms with Gasteiger partial charge >= 0.3 is 0 Å². The molecule has 0 unspecified atom stereocenters. The molecule has 19 heavy (non-hydrogen) atoms. The van der Waals surface area contributed by atoms with E-state index in [9.17, 15) is 4.79 Å². The molecule has 0 aliphatic carbocycles. The summed E-state index contributed by atoms with van der Waals surface area (Å²) in [7, 11) is 0. The van der Waals surface area contributed by atoms with Crippen molar-refractivity contribution in [2.24, 2.45) is 0 Å². The van der Waals surface area contributed by atoms with E-state index in [1.165, 1.54) is 0 Å². The fraction of sp³-hybridized carbons (Fsp3) is 0.235. The lowest BCUT2D eigenvalue weighted by molar-refractivity contribution is 0.103. The fourth-order valence-electron chi connectivity index (χ4n) is 2.36. The minimum Gasteiger partial charge on any atom is -0.289 e. The summed E-state index contributed by atoms with van der Waals surface area (Å²) in [6.45, 7) is 8.05.